The zero-order valence-corrected chi connectivity index (χ0v) is 17.3. The predicted octanol–water partition coefficient (Wildman–Crippen LogP) is 2.21. The van der Waals surface area contributed by atoms with Gasteiger partial charge in [-0.25, -0.2) is 0 Å². The summed E-state index contributed by atoms with van der Waals surface area (Å²) in [4.78, 5) is 2.35. The van der Waals surface area contributed by atoms with Gasteiger partial charge < -0.3 is 24.8 Å². The first-order chi connectivity index (χ1) is 13.5. The van der Waals surface area contributed by atoms with Gasteiger partial charge in [-0.05, 0) is 23.6 Å². The monoisotopic (exact) mass is 388 g/mol. The van der Waals surface area contributed by atoms with E-state index in [-0.39, 0.29) is 0 Å². The largest absolute Gasteiger partial charge is 0.497 e. The van der Waals surface area contributed by atoms with Crippen molar-refractivity contribution in [1.82, 2.24) is 15.1 Å². The van der Waals surface area contributed by atoms with Gasteiger partial charge in [-0.15, -0.1) is 0 Å². The summed E-state index contributed by atoms with van der Waals surface area (Å²) < 4.78 is 12.7. The summed E-state index contributed by atoms with van der Waals surface area (Å²) >= 11 is 0. The van der Waals surface area contributed by atoms with Crippen LogP contribution in [-0.4, -0.2) is 54.8 Å². The maximum Gasteiger partial charge on any atom is 0.131 e. The fourth-order valence-corrected chi connectivity index (χ4v) is 3.68. The molecule has 154 valence electrons. The molecule has 1 aromatic heterocycles. The van der Waals surface area contributed by atoms with E-state index in [1.54, 1.807) is 7.11 Å². The molecule has 2 aromatic rings. The molecule has 0 spiro atoms. The highest BCUT2D eigenvalue weighted by Crippen LogP contribution is 2.29. The average Bonchev–Trinajstić information content (AvgIpc) is 3.05. The highest BCUT2D eigenvalue weighted by atomic mass is 16.5. The van der Waals surface area contributed by atoms with Gasteiger partial charge in [0.05, 0.1) is 32.1 Å². The van der Waals surface area contributed by atoms with Gasteiger partial charge in [0.25, 0.3) is 0 Å². The lowest BCUT2D eigenvalue weighted by Gasteiger charge is -2.29. The van der Waals surface area contributed by atoms with E-state index in [0.29, 0.717) is 19.0 Å². The fourth-order valence-electron chi connectivity index (χ4n) is 3.68. The highest BCUT2D eigenvalue weighted by molar-refractivity contribution is 5.51. The van der Waals surface area contributed by atoms with E-state index >= 15 is 0 Å². The lowest BCUT2D eigenvalue weighted by Crippen LogP contribution is -2.38. The molecule has 28 heavy (non-hydrogen) atoms. The van der Waals surface area contributed by atoms with Crippen molar-refractivity contribution < 1.29 is 14.6 Å². The molecule has 1 saturated heterocycles. The third-order valence-corrected chi connectivity index (χ3v) is 5.12. The molecule has 1 fully saturated rings. The molecule has 3 rings (SSSR count). The Morgan fingerprint density at radius 2 is 2.04 bits per heavy atom. The van der Waals surface area contributed by atoms with E-state index < -0.39 is 6.10 Å². The van der Waals surface area contributed by atoms with Crippen LogP contribution in [0.2, 0.25) is 0 Å². The number of nitrogens with zero attached hydrogens (tertiary/aromatic N) is 3. The summed E-state index contributed by atoms with van der Waals surface area (Å²) in [5, 5.41) is 18.8. The van der Waals surface area contributed by atoms with Crippen molar-refractivity contribution in [3.63, 3.8) is 0 Å². The molecular weight excluding hydrogens is 356 g/mol. The molecule has 0 aliphatic carbocycles. The standard InChI is InChI=1S/C21H32N4O3/c1-15(2)20-18(21(24(3)23-20)25-8-10-28-11-9-25)13-22-14-19(26)16-6-5-7-17(12-16)27-4/h5-7,12,15,19,22,26H,8-11,13-14H2,1-4H3. The van der Waals surface area contributed by atoms with E-state index in [1.165, 1.54) is 5.56 Å². The zero-order chi connectivity index (χ0) is 20.1. The van der Waals surface area contributed by atoms with Gasteiger partial charge >= 0.3 is 0 Å². The van der Waals surface area contributed by atoms with Crippen molar-refractivity contribution in [2.24, 2.45) is 7.05 Å². The Hall–Kier alpha value is -2.09. The first-order valence-corrected chi connectivity index (χ1v) is 9.92. The Labute approximate surface area is 167 Å². The van der Waals surface area contributed by atoms with Crippen LogP contribution in [0.3, 0.4) is 0 Å². The number of morpholine rings is 1. The molecule has 0 saturated carbocycles. The number of anilines is 1. The van der Waals surface area contributed by atoms with Gasteiger partial charge in [0.15, 0.2) is 0 Å². The van der Waals surface area contributed by atoms with Crippen LogP contribution in [0.15, 0.2) is 24.3 Å². The van der Waals surface area contributed by atoms with Gasteiger partial charge in [-0.1, -0.05) is 26.0 Å². The van der Waals surface area contributed by atoms with Crippen molar-refractivity contribution in [1.29, 1.82) is 0 Å². The summed E-state index contributed by atoms with van der Waals surface area (Å²) in [5.74, 6) is 2.23. The topological polar surface area (TPSA) is 71.8 Å². The summed E-state index contributed by atoms with van der Waals surface area (Å²) in [5.41, 5.74) is 3.15. The van der Waals surface area contributed by atoms with Crippen molar-refractivity contribution in [3.8, 4) is 5.75 Å². The van der Waals surface area contributed by atoms with Crippen LogP contribution in [0, 0.1) is 0 Å². The summed E-state index contributed by atoms with van der Waals surface area (Å²) in [6, 6.07) is 7.56. The minimum atomic E-state index is -0.596. The molecule has 7 heteroatoms. The second-order valence-electron chi connectivity index (χ2n) is 7.49. The second kappa shape index (κ2) is 9.41. The maximum atomic E-state index is 10.6. The number of rotatable bonds is 8. The van der Waals surface area contributed by atoms with E-state index in [2.05, 4.69) is 24.1 Å². The highest BCUT2D eigenvalue weighted by Gasteiger charge is 2.24. The Morgan fingerprint density at radius 1 is 1.29 bits per heavy atom. The lowest BCUT2D eigenvalue weighted by atomic mass is 10.0. The first-order valence-electron chi connectivity index (χ1n) is 9.92. The Morgan fingerprint density at radius 3 is 2.71 bits per heavy atom. The van der Waals surface area contributed by atoms with E-state index in [4.69, 9.17) is 14.6 Å². The number of nitrogens with one attached hydrogen (secondary N) is 1. The summed E-state index contributed by atoms with van der Waals surface area (Å²) in [6.45, 7) is 8.68. The summed E-state index contributed by atoms with van der Waals surface area (Å²) in [6.07, 6.45) is -0.596. The Balaban J connectivity index is 1.72. The quantitative estimate of drug-likeness (QED) is 0.723. The molecule has 0 bridgehead atoms. The Kier molecular flexibility index (Phi) is 6.93. The minimum Gasteiger partial charge on any atom is -0.497 e. The molecular formula is C21H32N4O3. The number of benzene rings is 1. The number of methoxy groups -OCH3 is 1. The number of aromatic nitrogens is 2. The molecule has 1 aliphatic heterocycles. The van der Waals surface area contributed by atoms with Gasteiger partial charge in [0.1, 0.15) is 11.6 Å². The summed E-state index contributed by atoms with van der Waals surface area (Å²) in [7, 11) is 3.64. The molecule has 7 nitrogen and oxygen atoms in total. The number of ether oxygens (including phenoxy) is 2. The molecule has 1 atom stereocenters. The fraction of sp³-hybridized carbons (Fsp3) is 0.571. The third kappa shape index (κ3) is 4.66. The smallest absolute Gasteiger partial charge is 0.131 e. The molecule has 2 N–H and O–H groups in total. The maximum absolute atomic E-state index is 10.6. The number of aliphatic hydroxyl groups is 1. The van der Waals surface area contributed by atoms with Crippen LogP contribution < -0.4 is 15.0 Å². The van der Waals surface area contributed by atoms with Crippen LogP contribution in [0.25, 0.3) is 0 Å². The van der Waals surface area contributed by atoms with Crippen molar-refractivity contribution in [2.75, 3.05) is 44.9 Å². The van der Waals surface area contributed by atoms with Crippen LogP contribution in [0.4, 0.5) is 5.82 Å². The predicted molar refractivity (Wildman–Crippen MR) is 110 cm³/mol. The van der Waals surface area contributed by atoms with Crippen LogP contribution in [0.5, 0.6) is 5.75 Å². The van der Waals surface area contributed by atoms with Gasteiger partial charge in [-0.2, -0.15) is 5.10 Å². The van der Waals surface area contributed by atoms with Crippen molar-refractivity contribution in [3.05, 3.63) is 41.1 Å². The molecule has 0 amide bonds. The normalized spacial score (nSPS) is 15.9. The third-order valence-electron chi connectivity index (χ3n) is 5.12. The number of aliphatic hydroxyl groups excluding tert-OH is 1. The molecule has 0 radical (unpaired) electrons. The van der Waals surface area contributed by atoms with Crippen molar-refractivity contribution in [2.45, 2.75) is 32.4 Å². The molecule has 2 heterocycles. The Bertz CT molecular complexity index is 769. The average molecular weight is 389 g/mol. The minimum absolute atomic E-state index is 0.334. The van der Waals surface area contributed by atoms with Crippen LogP contribution in [-0.2, 0) is 18.3 Å². The second-order valence-corrected chi connectivity index (χ2v) is 7.49. The van der Waals surface area contributed by atoms with E-state index in [9.17, 15) is 5.11 Å². The number of hydrogen-bond acceptors (Lipinski definition) is 6. The van der Waals surface area contributed by atoms with Crippen LogP contribution in [0.1, 0.15) is 42.7 Å². The van der Waals surface area contributed by atoms with E-state index in [1.807, 2.05) is 36.0 Å². The molecule has 1 unspecified atom stereocenters. The SMILES string of the molecule is COc1cccc(C(O)CNCc2c(C(C)C)nn(C)c2N2CCOCC2)c1. The lowest BCUT2D eigenvalue weighted by molar-refractivity contribution is 0.122. The van der Waals surface area contributed by atoms with Crippen LogP contribution >= 0.6 is 0 Å². The zero-order valence-electron chi connectivity index (χ0n) is 17.3. The number of hydrogen-bond donors (Lipinski definition) is 2. The van der Waals surface area contributed by atoms with Crippen molar-refractivity contribution >= 4 is 5.82 Å². The van der Waals surface area contributed by atoms with Gasteiger partial charge in [0, 0.05) is 38.8 Å². The first kappa shape index (κ1) is 20.6. The molecule has 1 aliphatic rings. The van der Waals surface area contributed by atoms with Gasteiger partial charge in [0.2, 0.25) is 0 Å². The van der Waals surface area contributed by atoms with E-state index in [0.717, 1.165) is 49.1 Å². The van der Waals surface area contributed by atoms with Gasteiger partial charge in [-0.3, -0.25) is 4.68 Å². The number of aryl methyl sites for hydroxylation is 1. The molecule has 1 aromatic carbocycles.